The molecule has 3 nitrogen and oxygen atoms in total. The number of hydrogen-bond donors (Lipinski definition) is 0. The quantitative estimate of drug-likeness (QED) is 0.780. The van der Waals surface area contributed by atoms with E-state index in [1.807, 2.05) is 0 Å². The van der Waals surface area contributed by atoms with Gasteiger partial charge in [-0.2, -0.15) is 0 Å². The number of nitrogens with zero attached hydrogens (tertiary/aromatic N) is 1. The maximum absolute atomic E-state index is 12.4. The summed E-state index contributed by atoms with van der Waals surface area (Å²) in [5.41, 5.74) is 0.376. The van der Waals surface area contributed by atoms with E-state index in [1.165, 1.54) is 4.90 Å². The number of amides is 2. The minimum absolute atomic E-state index is 0.0977. The zero-order chi connectivity index (χ0) is 14.0. The first-order valence-corrected chi connectivity index (χ1v) is 7.50. The SMILES string of the molecule is CCCC1CC(=O)N(C(=O)c2cccc(Br)c2Cl)C1. The number of imide groups is 1. The Morgan fingerprint density at radius 2 is 2.26 bits per heavy atom. The number of hydrogen-bond acceptors (Lipinski definition) is 2. The van der Waals surface area contributed by atoms with Crippen molar-refractivity contribution in [3.8, 4) is 0 Å². The Morgan fingerprint density at radius 3 is 2.95 bits per heavy atom. The Hall–Kier alpha value is -0.870. The largest absolute Gasteiger partial charge is 0.278 e. The van der Waals surface area contributed by atoms with E-state index in [4.69, 9.17) is 11.6 Å². The number of carbonyl (C=O) groups is 2. The Kier molecular flexibility index (Phi) is 4.63. The van der Waals surface area contributed by atoms with Crippen LogP contribution in [0.25, 0.3) is 0 Å². The van der Waals surface area contributed by atoms with Gasteiger partial charge in [-0.3, -0.25) is 14.5 Å². The first-order chi connectivity index (χ1) is 9.04. The second-order valence-corrected chi connectivity index (χ2v) is 6.00. The van der Waals surface area contributed by atoms with Crippen molar-refractivity contribution in [2.24, 2.45) is 5.92 Å². The standard InChI is InChI=1S/C14H15BrClNO2/c1-2-4-9-7-12(18)17(8-9)14(19)10-5-3-6-11(15)13(10)16/h3,5-6,9H,2,4,7-8H2,1H3. The molecule has 0 aliphatic carbocycles. The molecule has 2 rings (SSSR count). The van der Waals surface area contributed by atoms with Crippen LogP contribution < -0.4 is 0 Å². The molecule has 5 heteroatoms. The highest BCUT2D eigenvalue weighted by Gasteiger charge is 2.34. The molecule has 0 radical (unpaired) electrons. The molecular weight excluding hydrogens is 330 g/mol. The fourth-order valence-corrected chi connectivity index (χ4v) is 2.97. The molecule has 1 aromatic rings. The normalized spacial score (nSPS) is 19.0. The van der Waals surface area contributed by atoms with Crippen LogP contribution in [-0.4, -0.2) is 23.3 Å². The van der Waals surface area contributed by atoms with Crippen molar-refractivity contribution in [1.82, 2.24) is 4.90 Å². The summed E-state index contributed by atoms with van der Waals surface area (Å²) in [6.07, 6.45) is 2.46. The molecule has 1 atom stereocenters. The monoisotopic (exact) mass is 343 g/mol. The minimum atomic E-state index is -0.296. The molecule has 1 aliphatic heterocycles. The van der Waals surface area contributed by atoms with Gasteiger partial charge in [-0.25, -0.2) is 0 Å². The second-order valence-electron chi connectivity index (χ2n) is 4.77. The van der Waals surface area contributed by atoms with E-state index in [1.54, 1.807) is 18.2 Å². The van der Waals surface area contributed by atoms with E-state index in [2.05, 4.69) is 22.9 Å². The van der Waals surface area contributed by atoms with Gasteiger partial charge in [0.15, 0.2) is 0 Å². The average molecular weight is 345 g/mol. The van der Waals surface area contributed by atoms with Gasteiger partial charge in [0.05, 0.1) is 10.6 Å². The van der Waals surface area contributed by atoms with E-state index in [-0.39, 0.29) is 17.7 Å². The van der Waals surface area contributed by atoms with Crippen molar-refractivity contribution in [2.45, 2.75) is 26.2 Å². The van der Waals surface area contributed by atoms with Gasteiger partial charge >= 0.3 is 0 Å². The van der Waals surface area contributed by atoms with Crippen molar-refractivity contribution in [3.63, 3.8) is 0 Å². The zero-order valence-corrected chi connectivity index (χ0v) is 13.0. The lowest BCUT2D eigenvalue weighted by atomic mass is 10.0. The Balaban J connectivity index is 2.20. The van der Waals surface area contributed by atoms with E-state index in [9.17, 15) is 9.59 Å². The summed E-state index contributed by atoms with van der Waals surface area (Å²) in [5.74, 6) is -0.109. The van der Waals surface area contributed by atoms with Gasteiger partial charge in [0.1, 0.15) is 0 Å². The number of carbonyl (C=O) groups excluding carboxylic acids is 2. The maximum atomic E-state index is 12.4. The average Bonchev–Trinajstić information content (AvgIpc) is 2.73. The molecule has 1 unspecified atom stereocenters. The fourth-order valence-electron chi connectivity index (χ4n) is 2.39. The first-order valence-electron chi connectivity index (χ1n) is 6.33. The van der Waals surface area contributed by atoms with Gasteiger partial charge in [0, 0.05) is 17.4 Å². The van der Waals surface area contributed by atoms with Crippen LogP contribution in [0.4, 0.5) is 0 Å². The van der Waals surface area contributed by atoms with Crippen molar-refractivity contribution in [1.29, 1.82) is 0 Å². The third kappa shape index (κ3) is 3.00. The predicted molar refractivity (Wildman–Crippen MR) is 78.2 cm³/mol. The minimum Gasteiger partial charge on any atom is -0.278 e. The van der Waals surface area contributed by atoms with Crippen LogP contribution in [0.1, 0.15) is 36.5 Å². The molecule has 0 bridgehead atoms. The maximum Gasteiger partial charge on any atom is 0.262 e. The Labute approximate surface area is 126 Å². The van der Waals surface area contributed by atoms with Crippen LogP contribution in [0.2, 0.25) is 5.02 Å². The van der Waals surface area contributed by atoms with Crippen molar-refractivity contribution < 1.29 is 9.59 Å². The zero-order valence-electron chi connectivity index (χ0n) is 10.7. The van der Waals surface area contributed by atoms with Gasteiger partial charge in [0.25, 0.3) is 5.91 Å². The van der Waals surface area contributed by atoms with Crippen LogP contribution in [-0.2, 0) is 4.79 Å². The van der Waals surface area contributed by atoms with Crippen LogP contribution in [0.5, 0.6) is 0 Å². The summed E-state index contributed by atoms with van der Waals surface area (Å²) in [6, 6.07) is 5.16. The molecule has 102 valence electrons. The van der Waals surface area contributed by atoms with E-state index >= 15 is 0 Å². The lowest BCUT2D eigenvalue weighted by Crippen LogP contribution is -2.32. The number of likely N-dealkylation sites (tertiary alicyclic amines) is 1. The Bertz CT molecular complexity index is 518. The summed E-state index contributed by atoms with van der Waals surface area (Å²) < 4.78 is 0.664. The van der Waals surface area contributed by atoms with Gasteiger partial charge in [0.2, 0.25) is 5.91 Å². The molecule has 0 saturated carbocycles. The van der Waals surface area contributed by atoms with Crippen LogP contribution in [0, 0.1) is 5.92 Å². The molecule has 0 aromatic heterocycles. The van der Waals surface area contributed by atoms with Crippen LogP contribution in [0.3, 0.4) is 0 Å². The van der Waals surface area contributed by atoms with Crippen LogP contribution in [0.15, 0.2) is 22.7 Å². The molecule has 2 amide bonds. The topological polar surface area (TPSA) is 37.4 Å². The fraction of sp³-hybridized carbons (Fsp3) is 0.429. The molecular formula is C14H15BrClNO2. The lowest BCUT2D eigenvalue weighted by molar-refractivity contribution is -0.125. The van der Waals surface area contributed by atoms with Crippen LogP contribution >= 0.6 is 27.5 Å². The summed E-state index contributed by atoms with van der Waals surface area (Å²) in [7, 11) is 0. The highest BCUT2D eigenvalue weighted by atomic mass is 79.9. The van der Waals surface area contributed by atoms with Crippen molar-refractivity contribution in [2.75, 3.05) is 6.54 Å². The molecule has 1 fully saturated rings. The van der Waals surface area contributed by atoms with Gasteiger partial charge in [-0.05, 0) is 40.4 Å². The molecule has 0 spiro atoms. The number of benzene rings is 1. The third-order valence-electron chi connectivity index (χ3n) is 3.33. The molecule has 1 saturated heterocycles. The van der Waals surface area contributed by atoms with Crippen molar-refractivity contribution >= 4 is 39.3 Å². The van der Waals surface area contributed by atoms with E-state index in [0.717, 1.165) is 12.8 Å². The summed E-state index contributed by atoms with van der Waals surface area (Å²) in [6.45, 7) is 2.59. The smallest absolute Gasteiger partial charge is 0.262 e. The molecule has 1 aromatic carbocycles. The van der Waals surface area contributed by atoms with E-state index < -0.39 is 0 Å². The summed E-state index contributed by atoms with van der Waals surface area (Å²) in [5, 5.41) is 0.360. The summed E-state index contributed by atoms with van der Waals surface area (Å²) in [4.78, 5) is 25.6. The molecule has 19 heavy (non-hydrogen) atoms. The summed E-state index contributed by atoms with van der Waals surface area (Å²) >= 11 is 9.39. The van der Waals surface area contributed by atoms with Gasteiger partial charge < -0.3 is 0 Å². The third-order valence-corrected chi connectivity index (χ3v) is 4.63. The van der Waals surface area contributed by atoms with Crippen molar-refractivity contribution in [3.05, 3.63) is 33.3 Å². The second kappa shape index (κ2) is 6.06. The molecule has 1 heterocycles. The highest BCUT2D eigenvalue weighted by Crippen LogP contribution is 2.29. The van der Waals surface area contributed by atoms with Gasteiger partial charge in [-0.1, -0.05) is 31.0 Å². The molecule has 0 N–H and O–H groups in total. The number of halogens is 2. The van der Waals surface area contributed by atoms with E-state index in [0.29, 0.717) is 28.0 Å². The lowest BCUT2D eigenvalue weighted by Gasteiger charge is -2.16. The first kappa shape index (κ1) is 14.5. The predicted octanol–water partition coefficient (Wildman–Crippen LogP) is 3.89. The molecule has 1 aliphatic rings. The number of rotatable bonds is 3. The van der Waals surface area contributed by atoms with Gasteiger partial charge in [-0.15, -0.1) is 0 Å². The Morgan fingerprint density at radius 1 is 1.53 bits per heavy atom. The highest BCUT2D eigenvalue weighted by molar-refractivity contribution is 9.10.